The number of aromatic nitrogens is 4. The van der Waals surface area contributed by atoms with Gasteiger partial charge < -0.3 is 10.3 Å². The van der Waals surface area contributed by atoms with E-state index in [4.69, 9.17) is 0 Å². The first-order chi connectivity index (χ1) is 12.1. The molecule has 0 saturated carbocycles. The smallest absolute Gasteiger partial charge is 0.278 e. The molecule has 25 heavy (non-hydrogen) atoms. The van der Waals surface area contributed by atoms with Gasteiger partial charge in [0.2, 0.25) is 5.91 Å². The highest BCUT2D eigenvalue weighted by Gasteiger charge is 2.20. The number of fused-ring (bicyclic) bond motifs is 2. The summed E-state index contributed by atoms with van der Waals surface area (Å²) in [6.45, 7) is 1.62. The van der Waals surface area contributed by atoms with Crippen LogP contribution in [0, 0.1) is 0 Å². The Hall–Kier alpha value is -3.48. The predicted molar refractivity (Wildman–Crippen MR) is 95.4 cm³/mol. The van der Waals surface area contributed by atoms with Crippen LogP contribution in [0.1, 0.15) is 13.0 Å². The van der Waals surface area contributed by atoms with Crippen molar-refractivity contribution in [1.29, 1.82) is 0 Å². The number of anilines is 1. The van der Waals surface area contributed by atoms with Crippen LogP contribution in [-0.2, 0) is 4.79 Å². The molecule has 1 amide bonds. The predicted octanol–water partition coefficient (Wildman–Crippen LogP) is 2.47. The molecule has 0 fully saturated rings. The molecule has 0 unspecified atom stereocenters. The lowest BCUT2D eigenvalue weighted by atomic mass is 10.2. The van der Waals surface area contributed by atoms with E-state index >= 15 is 0 Å². The molecular formula is C18H15N5O2. The van der Waals surface area contributed by atoms with Gasteiger partial charge in [0.15, 0.2) is 0 Å². The fraction of sp³-hybridized carbons (Fsp3) is 0.111. The van der Waals surface area contributed by atoms with Gasteiger partial charge >= 0.3 is 0 Å². The van der Waals surface area contributed by atoms with Gasteiger partial charge in [0.05, 0.1) is 11.1 Å². The van der Waals surface area contributed by atoms with E-state index in [2.05, 4.69) is 20.6 Å². The number of rotatable bonds is 3. The highest BCUT2D eigenvalue weighted by molar-refractivity contribution is 6.02. The van der Waals surface area contributed by atoms with Gasteiger partial charge in [0.25, 0.3) is 5.56 Å². The zero-order valence-electron chi connectivity index (χ0n) is 13.4. The van der Waals surface area contributed by atoms with Crippen molar-refractivity contribution < 1.29 is 4.79 Å². The molecular weight excluding hydrogens is 318 g/mol. The van der Waals surface area contributed by atoms with Gasteiger partial charge in [-0.1, -0.05) is 23.4 Å². The van der Waals surface area contributed by atoms with Crippen LogP contribution in [0.3, 0.4) is 0 Å². The third kappa shape index (κ3) is 2.55. The van der Waals surface area contributed by atoms with E-state index < -0.39 is 6.04 Å². The molecule has 7 nitrogen and oxygen atoms in total. The third-order valence-corrected chi connectivity index (χ3v) is 4.19. The Labute approximate surface area is 142 Å². The highest BCUT2D eigenvalue weighted by Crippen LogP contribution is 2.23. The first-order valence-corrected chi connectivity index (χ1v) is 7.86. The summed E-state index contributed by atoms with van der Waals surface area (Å²) in [5.74, 6) is -0.333. The number of amides is 1. The number of hydrogen-bond donors (Lipinski definition) is 2. The molecule has 0 spiro atoms. The van der Waals surface area contributed by atoms with Gasteiger partial charge in [-0.3, -0.25) is 9.59 Å². The van der Waals surface area contributed by atoms with E-state index in [1.165, 1.54) is 0 Å². The molecule has 4 rings (SSSR count). The van der Waals surface area contributed by atoms with Gasteiger partial charge in [-0.2, -0.15) is 4.68 Å². The fourth-order valence-corrected chi connectivity index (χ4v) is 2.80. The number of nitrogens with one attached hydrogen (secondary N) is 2. The number of benzene rings is 2. The average molecular weight is 333 g/mol. The Bertz CT molecular complexity index is 1140. The first-order valence-electron chi connectivity index (χ1n) is 7.86. The molecule has 7 heteroatoms. The first kappa shape index (κ1) is 15.1. The van der Waals surface area contributed by atoms with Crippen LogP contribution in [0.2, 0.25) is 0 Å². The van der Waals surface area contributed by atoms with Crippen LogP contribution in [-0.4, -0.2) is 25.9 Å². The van der Waals surface area contributed by atoms with Crippen molar-refractivity contribution in [3.05, 3.63) is 65.1 Å². The summed E-state index contributed by atoms with van der Waals surface area (Å²) in [5, 5.41) is 12.1. The zero-order chi connectivity index (χ0) is 17.4. The maximum absolute atomic E-state index is 12.6. The van der Waals surface area contributed by atoms with Crippen LogP contribution in [0.4, 0.5) is 5.69 Å². The molecule has 0 saturated heterocycles. The molecule has 124 valence electrons. The lowest BCUT2D eigenvalue weighted by Crippen LogP contribution is -2.34. The number of carbonyl (C=O) groups excluding carboxylic acids is 1. The average Bonchev–Trinajstić information content (AvgIpc) is 3.11. The lowest BCUT2D eigenvalue weighted by Gasteiger charge is -2.14. The van der Waals surface area contributed by atoms with Crippen molar-refractivity contribution >= 4 is 33.4 Å². The SMILES string of the molecule is C[C@H](C(=O)Nc1cccc2[nH]ccc12)n1nnc2ccccc2c1=O. The normalized spacial score (nSPS) is 12.4. The Morgan fingerprint density at radius 1 is 1.12 bits per heavy atom. The quantitative estimate of drug-likeness (QED) is 0.602. The summed E-state index contributed by atoms with van der Waals surface area (Å²) in [5.41, 5.74) is 1.77. The van der Waals surface area contributed by atoms with Gasteiger partial charge in [-0.25, -0.2) is 0 Å². The van der Waals surface area contributed by atoms with Gasteiger partial charge in [-0.05, 0) is 37.3 Å². The van der Waals surface area contributed by atoms with Crippen molar-refractivity contribution in [2.24, 2.45) is 0 Å². The van der Waals surface area contributed by atoms with Gasteiger partial charge in [-0.15, -0.1) is 5.10 Å². The van der Waals surface area contributed by atoms with Crippen LogP contribution >= 0.6 is 0 Å². The van der Waals surface area contributed by atoms with Crippen molar-refractivity contribution in [3.8, 4) is 0 Å². The molecule has 0 bridgehead atoms. The Morgan fingerprint density at radius 3 is 2.84 bits per heavy atom. The summed E-state index contributed by atoms with van der Waals surface area (Å²) in [6.07, 6.45) is 1.81. The Balaban J connectivity index is 1.68. The largest absolute Gasteiger partial charge is 0.361 e. The van der Waals surface area contributed by atoms with Crippen molar-refractivity contribution in [3.63, 3.8) is 0 Å². The van der Waals surface area contributed by atoms with Gasteiger partial charge in [0, 0.05) is 17.1 Å². The molecule has 0 aliphatic heterocycles. The Morgan fingerprint density at radius 2 is 1.96 bits per heavy atom. The van der Waals surface area contributed by atoms with Crippen LogP contribution in [0.15, 0.2) is 59.5 Å². The second kappa shape index (κ2) is 5.86. The standard InChI is InChI=1S/C18H15N5O2/c1-11(23-18(25)13-5-2-3-6-16(13)21-22-23)17(24)20-15-8-4-7-14-12(15)9-10-19-14/h2-11,19H,1H3,(H,20,24)/t11-/m1/s1. The summed E-state index contributed by atoms with van der Waals surface area (Å²) >= 11 is 0. The number of aromatic amines is 1. The number of nitrogens with zero attached hydrogens (tertiary/aromatic N) is 3. The van der Waals surface area contributed by atoms with E-state index in [0.717, 1.165) is 15.6 Å². The molecule has 2 aromatic heterocycles. The molecule has 0 aliphatic carbocycles. The molecule has 0 radical (unpaired) electrons. The minimum absolute atomic E-state index is 0.333. The summed E-state index contributed by atoms with van der Waals surface area (Å²) in [7, 11) is 0. The third-order valence-electron chi connectivity index (χ3n) is 4.19. The molecule has 2 aromatic carbocycles. The molecule has 2 heterocycles. The molecule has 2 N–H and O–H groups in total. The lowest BCUT2D eigenvalue weighted by molar-refractivity contribution is -0.119. The minimum Gasteiger partial charge on any atom is -0.361 e. The van der Waals surface area contributed by atoms with Crippen LogP contribution in [0.25, 0.3) is 21.8 Å². The summed E-state index contributed by atoms with van der Waals surface area (Å²) in [6, 6.07) is 13.6. The van der Waals surface area contributed by atoms with E-state index in [0.29, 0.717) is 16.6 Å². The second-order valence-electron chi connectivity index (χ2n) is 5.77. The van der Waals surface area contributed by atoms with Crippen molar-refractivity contribution in [2.75, 3.05) is 5.32 Å². The summed E-state index contributed by atoms with van der Waals surface area (Å²) in [4.78, 5) is 28.3. The maximum Gasteiger partial charge on any atom is 0.278 e. The van der Waals surface area contributed by atoms with E-state index in [-0.39, 0.29) is 11.5 Å². The van der Waals surface area contributed by atoms with Crippen LogP contribution in [0.5, 0.6) is 0 Å². The second-order valence-corrected chi connectivity index (χ2v) is 5.77. The topological polar surface area (TPSA) is 92.7 Å². The molecule has 1 atom stereocenters. The molecule has 0 aliphatic rings. The van der Waals surface area contributed by atoms with Crippen molar-refractivity contribution in [1.82, 2.24) is 20.0 Å². The number of hydrogen-bond acceptors (Lipinski definition) is 4. The van der Waals surface area contributed by atoms with E-state index in [1.807, 2.05) is 30.5 Å². The molecule has 4 aromatic rings. The van der Waals surface area contributed by atoms with E-state index in [1.54, 1.807) is 31.2 Å². The van der Waals surface area contributed by atoms with Gasteiger partial charge in [0.1, 0.15) is 11.6 Å². The highest BCUT2D eigenvalue weighted by atomic mass is 16.2. The van der Waals surface area contributed by atoms with Crippen molar-refractivity contribution in [2.45, 2.75) is 13.0 Å². The Kier molecular flexibility index (Phi) is 3.53. The van der Waals surface area contributed by atoms with E-state index in [9.17, 15) is 9.59 Å². The summed E-state index contributed by atoms with van der Waals surface area (Å²) < 4.78 is 1.11. The monoisotopic (exact) mass is 333 g/mol. The number of carbonyl (C=O) groups is 1. The minimum atomic E-state index is -0.793. The maximum atomic E-state index is 12.6. The fourth-order valence-electron chi connectivity index (χ4n) is 2.80. The number of H-pyrrole nitrogens is 1. The zero-order valence-corrected chi connectivity index (χ0v) is 13.4. The van der Waals surface area contributed by atoms with Crippen LogP contribution < -0.4 is 10.9 Å².